The fourth-order valence-electron chi connectivity index (χ4n) is 22.8. The normalized spacial score (nSPS) is 14.3. The van der Waals surface area contributed by atoms with Crippen LogP contribution in [0.2, 0.25) is 0 Å². The molecule has 0 fully saturated rings. The summed E-state index contributed by atoms with van der Waals surface area (Å²) in [7, 11) is 0. The van der Waals surface area contributed by atoms with E-state index in [0.717, 1.165) is 17.1 Å². The molecule has 664 valence electrons. The second kappa shape index (κ2) is 36.4. The molecule has 0 N–H and O–H groups in total. The van der Waals surface area contributed by atoms with Crippen LogP contribution in [0.4, 0.5) is 17.1 Å². The van der Waals surface area contributed by atoms with Crippen molar-refractivity contribution in [3.63, 3.8) is 0 Å². The third-order valence-corrected chi connectivity index (χ3v) is 32.7. The van der Waals surface area contributed by atoms with Gasteiger partial charge in [0, 0.05) is 80.6 Å². The maximum Gasteiger partial charge on any atom is 0.0713 e. The molecule has 0 saturated heterocycles. The minimum absolute atomic E-state index is 0.112. The largest absolute Gasteiger partial charge is 0.310 e. The van der Waals surface area contributed by atoms with Crippen molar-refractivity contribution in [2.75, 3.05) is 4.90 Å². The van der Waals surface area contributed by atoms with Crippen molar-refractivity contribution in [3.05, 3.63) is 612 Å². The van der Waals surface area contributed by atoms with Crippen molar-refractivity contribution < 1.29 is 0 Å². The van der Waals surface area contributed by atoms with Gasteiger partial charge >= 0.3 is 0 Å². The number of anilines is 3. The predicted octanol–water partition coefficient (Wildman–Crippen LogP) is 37.1. The monoisotopic (exact) mass is 1850 g/mol. The lowest BCUT2D eigenvalue weighted by molar-refractivity contribution is 0.769. The van der Waals surface area contributed by atoms with Gasteiger partial charge < -0.3 is 9.47 Å². The smallest absolute Gasteiger partial charge is 0.0713 e. The lowest BCUT2D eigenvalue weighted by Gasteiger charge is -2.34. The highest BCUT2D eigenvalue weighted by atomic mass is 32.2. The molecule has 1 aromatic heterocycles. The number of hydrogen-bond donors (Lipinski definition) is 0. The van der Waals surface area contributed by atoms with Crippen molar-refractivity contribution in [2.45, 2.75) is 52.5 Å². The van der Waals surface area contributed by atoms with Gasteiger partial charge in [-0.1, -0.05) is 472 Å². The van der Waals surface area contributed by atoms with E-state index in [9.17, 15) is 0 Å². The molecule has 3 unspecified atom stereocenters. The number of para-hydroxylation sites is 2. The SMILES string of the molecule is c1ccc(-c2ccc(N(c3ccc(-c4ccccc4)cc3)c3cccc(C4c5ccccc5Sc5ccc6ccccc6c54)c3)cc2)cc1.c1ccc(-n2c3ccccc3c3ccc(-c4ccc(C5c6ccccc6Sc6ccc7ccccc7c65)cc4)cc32)cc1.c1ccc(C2(c3ccccc3)c3ccccc3-c3ccc(-c4ccc(C5c6ccccc6Sc6ccc7ccccc7c65)cc4)cc32)cc1. The molecule has 4 heterocycles. The molecule has 3 atom stereocenters. The summed E-state index contributed by atoms with van der Waals surface area (Å²) >= 11 is 5.68. The van der Waals surface area contributed by atoms with Crippen LogP contribution in [0.15, 0.2) is 569 Å². The predicted molar refractivity (Wildman–Crippen MR) is 594 cm³/mol. The average Bonchev–Trinajstić information content (AvgIpc) is 1.54. The van der Waals surface area contributed by atoms with Gasteiger partial charge in [0.25, 0.3) is 0 Å². The van der Waals surface area contributed by atoms with Crippen molar-refractivity contribution in [2.24, 2.45) is 0 Å². The molecular weight excluding hydrogens is 1760 g/mol. The third kappa shape index (κ3) is 15.2. The summed E-state index contributed by atoms with van der Waals surface area (Å²) in [6, 6.07) is 198. The first-order valence-electron chi connectivity index (χ1n) is 48.7. The number of nitrogens with zero attached hydrogens (tertiary/aromatic N) is 2. The highest BCUT2D eigenvalue weighted by molar-refractivity contribution is 8.00. The van der Waals surface area contributed by atoms with Crippen LogP contribution in [0, 0.1) is 0 Å². The molecule has 3 aliphatic heterocycles. The van der Waals surface area contributed by atoms with E-state index >= 15 is 0 Å². The van der Waals surface area contributed by atoms with Crippen LogP contribution in [-0.4, -0.2) is 4.57 Å². The van der Waals surface area contributed by atoms with Gasteiger partial charge in [0.1, 0.15) is 0 Å². The van der Waals surface area contributed by atoms with Crippen LogP contribution in [0.1, 0.15) is 90.1 Å². The van der Waals surface area contributed by atoms with Crippen molar-refractivity contribution in [1.82, 2.24) is 4.57 Å². The third-order valence-electron chi connectivity index (χ3n) is 29.2. The molecule has 0 bridgehead atoms. The molecule has 28 rings (SSSR count). The van der Waals surface area contributed by atoms with E-state index in [2.05, 4.69) is 549 Å². The molecule has 24 aromatic rings. The Morgan fingerprint density at radius 2 is 0.553 bits per heavy atom. The van der Waals surface area contributed by atoms with Crippen molar-refractivity contribution in [1.29, 1.82) is 0 Å². The highest BCUT2D eigenvalue weighted by Crippen LogP contribution is 2.60. The standard InChI is InChI=1S/C48H32S.C47H33NS.C41H27NS/c1-3-14-36(15-4-1)48(37-16-5-2-6-17-37)42-21-11-9-19-39(42)40-29-27-35(31-43(40)48)32-23-25-34(26-24-32)46-41-20-10-12-22-44(41)49-45-30-28-33-13-7-8-18-38(33)47(45)46;1-3-12-33(13-4-1)35-22-27-39(28-23-35)48(40-29-24-36(25-30-40)34-14-5-2-6-15-34)41-18-11-17-38(32-41)46-43-20-9-10-21-44(43)49-45-31-26-37-16-7-8-19-42(37)47(45)46;1-2-11-31(12-3-1)42-36-16-8-6-14-33(36)34-24-22-30(26-37(34)42)27-18-20-29(21-19-27)40-35-15-7-9-17-38(35)43-39-25-23-28-10-4-5-13-32(28)41(39)40/h1-31,46H;1-32,46H;1-26,40H. The molecule has 0 radical (unpaired) electrons. The topological polar surface area (TPSA) is 8.17 Å². The van der Waals surface area contributed by atoms with E-state index in [1.54, 1.807) is 0 Å². The maximum absolute atomic E-state index is 2.46. The Morgan fingerprint density at radius 3 is 1.04 bits per heavy atom. The lowest BCUT2D eigenvalue weighted by atomic mass is 9.67. The van der Waals surface area contributed by atoms with E-state index in [-0.39, 0.29) is 17.8 Å². The molecular formula is C136H92N2S3. The summed E-state index contributed by atoms with van der Waals surface area (Å²) in [5.41, 5.74) is 36.6. The van der Waals surface area contributed by atoms with Gasteiger partial charge in [0.15, 0.2) is 0 Å². The Bertz CT molecular complexity index is 8740. The summed E-state index contributed by atoms with van der Waals surface area (Å²) in [6.45, 7) is 0. The molecule has 5 heteroatoms. The van der Waals surface area contributed by atoms with Crippen LogP contribution in [-0.2, 0) is 5.41 Å². The van der Waals surface area contributed by atoms with Crippen LogP contribution in [0.5, 0.6) is 0 Å². The van der Waals surface area contributed by atoms with Crippen LogP contribution in [0.3, 0.4) is 0 Å². The van der Waals surface area contributed by atoms with Crippen LogP contribution < -0.4 is 4.90 Å². The highest BCUT2D eigenvalue weighted by Gasteiger charge is 2.46. The second-order valence-electron chi connectivity index (χ2n) is 37.0. The van der Waals surface area contributed by atoms with Gasteiger partial charge in [-0.3, -0.25) is 0 Å². The Morgan fingerprint density at radius 1 is 0.199 bits per heavy atom. The number of hydrogen-bond acceptors (Lipinski definition) is 4. The molecule has 23 aromatic carbocycles. The molecule has 4 aliphatic rings. The summed E-state index contributed by atoms with van der Waals surface area (Å²) in [4.78, 5) is 10.4. The maximum atomic E-state index is 2.46. The number of aromatic nitrogens is 1. The van der Waals surface area contributed by atoms with Crippen molar-refractivity contribution >= 4 is 106 Å². The summed E-state index contributed by atoms with van der Waals surface area (Å²) in [5, 5.41) is 10.4. The van der Waals surface area contributed by atoms with Gasteiger partial charge in [-0.2, -0.15) is 0 Å². The molecule has 0 saturated carbocycles. The molecule has 2 nitrogen and oxygen atoms in total. The van der Waals surface area contributed by atoms with E-state index < -0.39 is 5.41 Å². The van der Waals surface area contributed by atoms with Gasteiger partial charge in [0.2, 0.25) is 0 Å². The van der Waals surface area contributed by atoms with Crippen LogP contribution in [0.25, 0.3) is 115 Å². The molecule has 1 aliphatic carbocycles. The Kier molecular flexibility index (Phi) is 22.0. The lowest BCUT2D eigenvalue weighted by Crippen LogP contribution is -2.28. The first-order valence-corrected chi connectivity index (χ1v) is 51.1. The van der Waals surface area contributed by atoms with Gasteiger partial charge in [-0.25, -0.2) is 0 Å². The zero-order valence-corrected chi connectivity index (χ0v) is 79.7. The number of benzene rings is 23. The summed E-state index contributed by atoms with van der Waals surface area (Å²) in [6.07, 6.45) is 0. The molecule has 0 spiro atoms. The Hall–Kier alpha value is -16.5. The first kappa shape index (κ1) is 85.0. The van der Waals surface area contributed by atoms with Gasteiger partial charge in [-0.05, 0) is 263 Å². The minimum atomic E-state index is -0.404. The fourth-order valence-corrected chi connectivity index (χ4v) is 26.3. The fraction of sp³-hybridized carbons (Fsp3) is 0.0294. The number of fused-ring (bicyclic) bond motifs is 18. The Balaban J connectivity index is 0.000000109. The zero-order valence-electron chi connectivity index (χ0n) is 77.2. The molecule has 141 heavy (non-hydrogen) atoms. The summed E-state index contributed by atoms with van der Waals surface area (Å²) in [5.74, 6) is 0.475. The second-order valence-corrected chi connectivity index (χ2v) is 40.3. The van der Waals surface area contributed by atoms with Gasteiger partial charge in [0.05, 0.1) is 16.4 Å². The van der Waals surface area contributed by atoms with E-state index in [1.165, 1.54) is 217 Å². The first-order chi connectivity index (χ1) is 69.9. The zero-order chi connectivity index (χ0) is 93.3. The van der Waals surface area contributed by atoms with Gasteiger partial charge in [-0.15, -0.1) is 0 Å². The Labute approximate surface area is 835 Å². The van der Waals surface area contributed by atoms with E-state index in [1.807, 2.05) is 35.3 Å². The van der Waals surface area contributed by atoms with E-state index in [4.69, 9.17) is 0 Å². The summed E-state index contributed by atoms with van der Waals surface area (Å²) < 4.78 is 2.39. The molecule has 0 amide bonds. The number of rotatable bonds is 13. The minimum Gasteiger partial charge on any atom is -0.310 e. The average molecular weight is 1850 g/mol. The van der Waals surface area contributed by atoms with Crippen LogP contribution >= 0.6 is 35.3 Å². The quantitative estimate of drug-likeness (QED) is 0.114. The van der Waals surface area contributed by atoms with Crippen molar-refractivity contribution in [3.8, 4) is 61.3 Å². The van der Waals surface area contributed by atoms with E-state index in [0.29, 0.717) is 0 Å².